The van der Waals surface area contributed by atoms with Gasteiger partial charge >= 0.3 is 0 Å². The number of amides is 1. The molecule has 0 unspecified atom stereocenters. The van der Waals surface area contributed by atoms with Crippen LogP contribution in [0.25, 0.3) is 0 Å². The Morgan fingerprint density at radius 2 is 2.14 bits per heavy atom. The average molecular weight is 323 g/mol. The first-order valence-corrected chi connectivity index (χ1v) is 7.67. The molecule has 3 rings (SSSR count). The normalized spacial score (nSPS) is 16.0. The van der Waals surface area contributed by atoms with Gasteiger partial charge in [-0.1, -0.05) is 11.6 Å². The number of nitrogens with one attached hydrogen (secondary N) is 2. The standard InChI is InChI=1S/C14H19ClN6O/c1-20-8-10(15)7-11(20)13(22)18-14-17-12(19-21(14)2)9-3-5-16-6-4-9/h7-9,16H,3-6H2,1-2H3,(H,17,18,19,22). The molecule has 0 aromatic carbocycles. The monoisotopic (exact) mass is 322 g/mol. The Morgan fingerprint density at radius 3 is 2.77 bits per heavy atom. The Bertz CT molecular complexity index is 686. The Morgan fingerprint density at radius 1 is 1.41 bits per heavy atom. The second-order valence-corrected chi connectivity index (χ2v) is 5.99. The second kappa shape index (κ2) is 6.10. The van der Waals surface area contributed by atoms with E-state index < -0.39 is 0 Å². The molecule has 1 aliphatic heterocycles. The van der Waals surface area contributed by atoms with Crippen molar-refractivity contribution in [2.45, 2.75) is 18.8 Å². The van der Waals surface area contributed by atoms with Crippen LogP contribution in [0.3, 0.4) is 0 Å². The van der Waals surface area contributed by atoms with Crippen LogP contribution in [0.1, 0.15) is 35.1 Å². The van der Waals surface area contributed by atoms with E-state index in [9.17, 15) is 4.79 Å². The maximum Gasteiger partial charge on any atom is 0.274 e. The maximum atomic E-state index is 12.3. The van der Waals surface area contributed by atoms with Gasteiger partial charge in [0.2, 0.25) is 5.95 Å². The first-order valence-electron chi connectivity index (χ1n) is 7.29. The number of hydrogen-bond donors (Lipinski definition) is 2. The molecule has 0 atom stereocenters. The number of nitrogens with zero attached hydrogens (tertiary/aromatic N) is 4. The lowest BCUT2D eigenvalue weighted by Crippen LogP contribution is -2.27. The van der Waals surface area contributed by atoms with E-state index >= 15 is 0 Å². The average Bonchev–Trinajstić information content (AvgIpc) is 3.03. The van der Waals surface area contributed by atoms with Crippen molar-refractivity contribution in [3.63, 3.8) is 0 Å². The fraction of sp³-hybridized carbons (Fsp3) is 0.500. The minimum atomic E-state index is -0.248. The first kappa shape index (κ1) is 15.1. The van der Waals surface area contributed by atoms with Crippen LogP contribution in [-0.4, -0.2) is 38.3 Å². The van der Waals surface area contributed by atoms with Gasteiger partial charge in [-0.3, -0.25) is 10.1 Å². The molecule has 1 saturated heterocycles. The molecule has 2 aromatic rings. The second-order valence-electron chi connectivity index (χ2n) is 5.55. The van der Waals surface area contributed by atoms with E-state index in [1.807, 2.05) is 0 Å². The number of piperidine rings is 1. The van der Waals surface area contributed by atoms with Crippen LogP contribution in [0.5, 0.6) is 0 Å². The maximum absolute atomic E-state index is 12.3. The zero-order valence-electron chi connectivity index (χ0n) is 12.6. The molecule has 2 aromatic heterocycles. The summed E-state index contributed by atoms with van der Waals surface area (Å²) in [4.78, 5) is 16.8. The number of anilines is 1. The summed E-state index contributed by atoms with van der Waals surface area (Å²) < 4.78 is 3.29. The van der Waals surface area contributed by atoms with Gasteiger partial charge in [0.15, 0.2) is 5.82 Å². The van der Waals surface area contributed by atoms with Crippen molar-refractivity contribution in [2.75, 3.05) is 18.4 Å². The van der Waals surface area contributed by atoms with Gasteiger partial charge in [-0.15, -0.1) is 0 Å². The number of carbonyl (C=O) groups excluding carboxylic acids is 1. The fourth-order valence-corrected chi connectivity index (χ4v) is 2.93. The topological polar surface area (TPSA) is 76.8 Å². The highest BCUT2D eigenvalue weighted by Crippen LogP contribution is 2.23. The van der Waals surface area contributed by atoms with Crippen molar-refractivity contribution in [3.05, 3.63) is 28.8 Å². The molecule has 1 aliphatic rings. The van der Waals surface area contributed by atoms with Crippen LogP contribution < -0.4 is 10.6 Å². The lowest BCUT2D eigenvalue weighted by molar-refractivity contribution is 0.101. The Labute approximate surface area is 133 Å². The summed E-state index contributed by atoms with van der Waals surface area (Å²) >= 11 is 5.91. The highest BCUT2D eigenvalue weighted by atomic mass is 35.5. The molecule has 0 aliphatic carbocycles. The van der Waals surface area contributed by atoms with Crippen molar-refractivity contribution in [1.82, 2.24) is 24.6 Å². The molecule has 7 nitrogen and oxygen atoms in total. The molecule has 1 fully saturated rings. The molecule has 0 spiro atoms. The summed E-state index contributed by atoms with van der Waals surface area (Å²) in [6.07, 6.45) is 3.73. The van der Waals surface area contributed by atoms with E-state index in [2.05, 4.69) is 20.7 Å². The van der Waals surface area contributed by atoms with Crippen LogP contribution in [-0.2, 0) is 14.1 Å². The van der Waals surface area contributed by atoms with Gasteiger partial charge in [-0.2, -0.15) is 10.1 Å². The predicted octanol–water partition coefficient (Wildman–Crippen LogP) is 1.53. The summed E-state index contributed by atoms with van der Waals surface area (Å²) in [5.74, 6) is 1.35. The Hall–Kier alpha value is -1.86. The lowest BCUT2D eigenvalue weighted by atomic mass is 9.98. The SMILES string of the molecule is Cn1cc(Cl)cc1C(=O)Nc1nc(C2CCNCC2)nn1C. The van der Waals surface area contributed by atoms with E-state index in [1.54, 1.807) is 35.6 Å². The first-order chi connectivity index (χ1) is 10.5. The molecule has 0 saturated carbocycles. The number of rotatable bonds is 3. The highest BCUT2D eigenvalue weighted by Gasteiger charge is 2.22. The van der Waals surface area contributed by atoms with Gasteiger partial charge in [0, 0.05) is 26.2 Å². The summed E-state index contributed by atoms with van der Waals surface area (Å²) in [6, 6.07) is 1.63. The predicted molar refractivity (Wildman–Crippen MR) is 84.2 cm³/mol. The Kier molecular flexibility index (Phi) is 4.17. The smallest absolute Gasteiger partial charge is 0.274 e. The van der Waals surface area contributed by atoms with Gasteiger partial charge in [-0.05, 0) is 32.0 Å². The number of carbonyl (C=O) groups is 1. The molecule has 2 N–H and O–H groups in total. The summed E-state index contributed by atoms with van der Waals surface area (Å²) in [5, 5.41) is 11.1. The number of hydrogen-bond acceptors (Lipinski definition) is 4. The van der Waals surface area contributed by atoms with Crippen LogP contribution >= 0.6 is 11.6 Å². The third kappa shape index (κ3) is 3.00. The quantitative estimate of drug-likeness (QED) is 0.898. The van der Waals surface area contributed by atoms with Gasteiger partial charge in [0.25, 0.3) is 5.91 Å². The molecule has 0 bridgehead atoms. The largest absolute Gasteiger partial charge is 0.345 e. The van der Waals surface area contributed by atoms with Crippen LogP contribution in [0.4, 0.5) is 5.95 Å². The van der Waals surface area contributed by atoms with Gasteiger partial charge in [0.05, 0.1) is 5.02 Å². The van der Waals surface area contributed by atoms with Gasteiger partial charge in [-0.25, -0.2) is 4.68 Å². The molecular formula is C14H19ClN6O. The molecule has 1 amide bonds. The zero-order chi connectivity index (χ0) is 15.7. The number of aryl methyl sites for hydroxylation is 2. The van der Waals surface area contributed by atoms with Crippen LogP contribution in [0, 0.1) is 0 Å². The third-order valence-corrected chi connectivity index (χ3v) is 4.12. The molecule has 22 heavy (non-hydrogen) atoms. The zero-order valence-corrected chi connectivity index (χ0v) is 13.4. The van der Waals surface area contributed by atoms with E-state index in [-0.39, 0.29) is 5.91 Å². The van der Waals surface area contributed by atoms with Crippen molar-refractivity contribution < 1.29 is 4.79 Å². The molecule has 0 radical (unpaired) electrons. The van der Waals surface area contributed by atoms with Crippen LogP contribution in [0.2, 0.25) is 5.02 Å². The molecule has 118 valence electrons. The number of aromatic nitrogens is 4. The third-order valence-electron chi connectivity index (χ3n) is 3.91. The minimum absolute atomic E-state index is 0.248. The van der Waals surface area contributed by atoms with Crippen molar-refractivity contribution in [2.24, 2.45) is 14.1 Å². The van der Waals surface area contributed by atoms with Crippen molar-refractivity contribution in [3.8, 4) is 0 Å². The number of halogens is 1. The van der Waals surface area contributed by atoms with Crippen LogP contribution in [0.15, 0.2) is 12.3 Å². The van der Waals surface area contributed by atoms with E-state index in [4.69, 9.17) is 11.6 Å². The van der Waals surface area contributed by atoms with Gasteiger partial charge < -0.3 is 9.88 Å². The lowest BCUT2D eigenvalue weighted by Gasteiger charge is -2.19. The van der Waals surface area contributed by atoms with Gasteiger partial charge in [0.1, 0.15) is 5.69 Å². The Balaban J connectivity index is 1.76. The minimum Gasteiger partial charge on any atom is -0.345 e. The van der Waals surface area contributed by atoms with E-state index in [1.165, 1.54) is 0 Å². The van der Waals surface area contributed by atoms with Crippen molar-refractivity contribution >= 4 is 23.5 Å². The summed E-state index contributed by atoms with van der Waals surface area (Å²) in [5.41, 5.74) is 0.483. The van der Waals surface area contributed by atoms with E-state index in [0.29, 0.717) is 22.6 Å². The molecule has 8 heteroatoms. The summed E-state index contributed by atoms with van der Waals surface area (Å²) in [6.45, 7) is 1.96. The van der Waals surface area contributed by atoms with Crippen molar-refractivity contribution in [1.29, 1.82) is 0 Å². The van der Waals surface area contributed by atoms with E-state index in [0.717, 1.165) is 31.8 Å². The molecule has 3 heterocycles. The summed E-state index contributed by atoms with van der Waals surface area (Å²) in [7, 11) is 3.56. The molecular weight excluding hydrogens is 304 g/mol. The fourth-order valence-electron chi connectivity index (χ4n) is 2.68. The highest BCUT2D eigenvalue weighted by molar-refractivity contribution is 6.31.